The van der Waals surface area contributed by atoms with E-state index in [0.717, 1.165) is 11.6 Å². The SMILES string of the molecule is Cc1nc(C)n(C2CN(C(=O)c3cccnc3OC(C)C)C2)n1. The van der Waals surface area contributed by atoms with Gasteiger partial charge in [0.2, 0.25) is 5.88 Å². The first-order valence-electron chi connectivity index (χ1n) is 7.76. The van der Waals surface area contributed by atoms with Crippen LogP contribution in [0.2, 0.25) is 0 Å². The molecule has 0 aliphatic carbocycles. The third-order valence-electron chi connectivity index (χ3n) is 3.75. The Hall–Kier alpha value is -2.44. The van der Waals surface area contributed by atoms with E-state index in [0.29, 0.717) is 24.5 Å². The second-order valence-corrected chi connectivity index (χ2v) is 6.04. The van der Waals surface area contributed by atoms with E-state index < -0.39 is 0 Å². The summed E-state index contributed by atoms with van der Waals surface area (Å²) >= 11 is 0. The molecule has 2 aromatic rings. The lowest BCUT2D eigenvalue weighted by Gasteiger charge is -2.39. The number of ether oxygens (including phenoxy) is 1. The quantitative estimate of drug-likeness (QED) is 0.860. The Morgan fingerprint density at radius 3 is 2.70 bits per heavy atom. The molecule has 2 aromatic heterocycles. The van der Waals surface area contributed by atoms with Crippen molar-refractivity contribution in [2.45, 2.75) is 39.8 Å². The van der Waals surface area contributed by atoms with Crippen LogP contribution in [0.4, 0.5) is 0 Å². The van der Waals surface area contributed by atoms with E-state index in [1.165, 1.54) is 0 Å². The Labute approximate surface area is 135 Å². The number of aryl methyl sites for hydroxylation is 2. The standard InChI is InChI=1S/C16H21N5O2/c1-10(2)23-15-14(6-5-7-17-15)16(22)20-8-13(9-20)21-12(4)18-11(3)19-21/h5-7,10,13H,8-9H2,1-4H3. The third kappa shape index (κ3) is 3.04. The van der Waals surface area contributed by atoms with Gasteiger partial charge in [0, 0.05) is 19.3 Å². The molecule has 7 nitrogen and oxygen atoms in total. The van der Waals surface area contributed by atoms with Crippen LogP contribution in [0.15, 0.2) is 18.3 Å². The molecule has 0 unspecified atom stereocenters. The van der Waals surface area contributed by atoms with Crippen LogP contribution < -0.4 is 4.74 Å². The highest BCUT2D eigenvalue weighted by Gasteiger charge is 2.35. The van der Waals surface area contributed by atoms with E-state index in [1.807, 2.05) is 32.4 Å². The monoisotopic (exact) mass is 315 g/mol. The van der Waals surface area contributed by atoms with Crippen molar-refractivity contribution in [2.75, 3.05) is 13.1 Å². The molecule has 0 aromatic carbocycles. The van der Waals surface area contributed by atoms with Gasteiger partial charge in [-0.05, 0) is 39.8 Å². The molecule has 23 heavy (non-hydrogen) atoms. The molecule has 1 fully saturated rings. The van der Waals surface area contributed by atoms with Crippen LogP contribution in [0.3, 0.4) is 0 Å². The number of rotatable bonds is 4. The fraction of sp³-hybridized carbons (Fsp3) is 0.500. The first-order chi connectivity index (χ1) is 11.0. The number of pyridine rings is 1. The molecule has 1 aliphatic rings. The van der Waals surface area contributed by atoms with Crippen molar-refractivity contribution in [1.29, 1.82) is 0 Å². The van der Waals surface area contributed by atoms with E-state index in [-0.39, 0.29) is 18.1 Å². The molecule has 0 bridgehead atoms. The fourth-order valence-corrected chi connectivity index (χ4v) is 2.70. The lowest BCUT2D eigenvalue weighted by molar-refractivity contribution is 0.0490. The van der Waals surface area contributed by atoms with Crippen molar-refractivity contribution in [3.8, 4) is 5.88 Å². The number of likely N-dealkylation sites (tertiary alicyclic amines) is 1. The zero-order valence-corrected chi connectivity index (χ0v) is 13.9. The second kappa shape index (κ2) is 5.98. The Morgan fingerprint density at radius 1 is 1.35 bits per heavy atom. The molecular formula is C16H21N5O2. The Morgan fingerprint density at radius 2 is 2.09 bits per heavy atom. The van der Waals surface area contributed by atoms with Crippen LogP contribution in [-0.2, 0) is 0 Å². The summed E-state index contributed by atoms with van der Waals surface area (Å²) in [6.07, 6.45) is 1.61. The highest BCUT2D eigenvalue weighted by Crippen LogP contribution is 2.26. The molecule has 3 rings (SSSR count). The summed E-state index contributed by atoms with van der Waals surface area (Å²) in [7, 11) is 0. The maximum absolute atomic E-state index is 12.7. The van der Waals surface area contributed by atoms with E-state index >= 15 is 0 Å². The van der Waals surface area contributed by atoms with Crippen molar-refractivity contribution in [2.24, 2.45) is 0 Å². The van der Waals surface area contributed by atoms with Gasteiger partial charge in [0.05, 0.1) is 12.1 Å². The van der Waals surface area contributed by atoms with Gasteiger partial charge in [-0.15, -0.1) is 0 Å². The highest BCUT2D eigenvalue weighted by atomic mass is 16.5. The maximum Gasteiger partial charge on any atom is 0.259 e. The fourth-order valence-electron chi connectivity index (χ4n) is 2.70. The third-order valence-corrected chi connectivity index (χ3v) is 3.75. The highest BCUT2D eigenvalue weighted by molar-refractivity contribution is 5.96. The predicted molar refractivity (Wildman–Crippen MR) is 84.4 cm³/mol. The van der Waals surface area contributed by atoms with Gasteiger partial charge in [-0.25, -0.2) is 14.6 Å². The van der Waals surface area contributed by atoms with Gasteiger partial charge in [0.25, 0.3) is 5.91 Å². The summed E-state index contributed by atoms with van der Waals surface area (Å²) in [5, 5.41) is 4.39. The lowest BCUT2D eigenvalue weighted by Crippen LogP contribution is -2.51. The molecule has 0 N–H and O–H groups in total. The summed E-state index contributed by atoms with van der Waals surface area (Å²) < 4.78 is 7.53. The van der Waals surface area contributed by atoms with Crippen molar-refractivity contribution in [1.82, 2.24) is 24.6 Å². The average Bonchev–Trinajstić information content (AvgIpc) is 2.76. The topological polar surface area (TPSA) is 73.1 Å². The smallest absolute Gasteiger partial charge is 0.259 e. The zero-order valence-electron chi connectivity index (χ0n) is 13.9. The van der Waals surface area contributed by atoms with Crippen molar-refractivity contribution >= 4 is 5.91 Å². The maximum atomic E-state index is 12.7. The molecule has 122 valence electrons. The normalized spacial score (nSPS) is 14.9. The predicted octanol–water partition coefficient (Wildman–Crippen LogP) is 1.77. The van der Waals surface area contributed by atoms with E-state index in [2.05, 4.69) is 15.1 Å². The molecule has 0 atom stereocenters. The minimum absolute atomic E-state index is 0.0265. The van der Waals surface area contributed by atoms with E-state index in [4.69, 9.17) is 4.74 Å². The van der Waals surface area contributed by atoms with E-state index in [1.54, 1.807) is 23.2 Å². The number of carbonyl (C=O) groups excluding carboxylic acids is 1. The van der Waals surface area contributed by atoms with Crippen LogP contribution in [0.5, 0.6) is 5.88 Å². The van der Waals surface area contributed by atoms with Crippen LogP contribution >= 0.6 is 0 Å². The Kier molecular flexibility index (Phi) is 4.02. The van der Waals surface area contributed by atoms with Crippen LogP contribution in [0.25, 0.3) is 0 Å². The summed E-state index contributed by atoms with van der Waals surface area (Å²) in [6.45, 7) is 8.88. The zero-order chi connectivity index (χ0) is 16.6. The summed E-state index contributed by atoms with van der Waals surface area (Å²) in [5.74, 6) is 1.97. The van der Waals surface area contributed by atoms with E-state index in [9.17, 15) is 4.79 Å². The lowest BCUT2D eigenvalue weighted by atomic mass is 10.1. The second-order valence-electron chi connectivity index (χ2n) is 6.04. The van der Waals surface area contributed by atoms with Crippen molar-refractivity contribution in [3.05, 3.63) is 35.5 Å². The molecular weight excluding hydrogens is 294 g/mol. The van der Waals surface area contributed by atoms with Gasteiger partial charge in [-0.1, -0.05) is 0 Å². The summed E-state index contributed by atoms with van der Waals surface area (Å²) in [5.41, 5.74) is 0.506. The number of hydrogen-bond donors (Lipinski definition) is 0. The number of hydrogen-bond acceptors (Lipinski definition) is 5. The molecule has 1 saturated heterocycles. The van der Waals surface area contributed by atoms with Gasteiger partial charge in [0.15, 0.2) is 0 Å². The minimum Gasteiger partial charge on any atom is -0.474 e. The molecule has 1 aliphatic heterocycles. The van der Waals surface area contributed by atoms with Gasteiger partial charge in [-0.3, -0.25) is 4.79 Å². The van der Waals surface area contributed by atoms with Crippen molar-refractivity contribution < 1.29 is 9.53 Å². The van der Waals surface area contributed by atoms with Gasteiger partial charge < -0.3 is 9.64 Å². The average molecular weight is 315 g/mol. The Bertz CT molecular complexity index is 719. The molecule has 1 amide bonds. The summed E-state index contributed by atoms with van der Waals surface area (Å²) in [6, 6.07) is 3.69. The molecule has 7 heteroatoms. The minimum atomic E-state index is -0.0560. The summed E-state index contributed by atoms with van der Waals surface area (Å²) in [4.78, 5) is 22.9. The first-order valence-corrected chi connectivity index (χ1v) is 7.76. The van der Waals surface area contributed by atoms with Gasteiger partial charge in [0.1, 0.15) is 17.2 Å². The molecule has 0 saturated carbocycles. The first kappa shape index (κ1) is 15.5. The molecule has 3 heterocycles. The Balaban J connectivity index is 1.71. The number of nitrogens with zero attached hydrogens (tertiary/aromatic N) is 5. The number of aromatic nitrogens is 4. The number of carbonyl (C=O) groups is 1. The van der Waals surface area contributed by atoms with Crippen LogP contribution in [0, 0.1) is 13.8 Å². The van der Waals surface area contributed by atoms with Crippen LogP contribution in [0.1, 0.15) is 41.9 Å². The van der Waals surface area contributed by atoms with Gasteiger partial charge >= 0.3 is 0 Å². The largest absolute Gasteiger partial charge is 0.474 e. The molecule has 0 radical (unpaired) electrons. The van der Waals surface area contributed by atoms with Gasteiger partial charge in [-0.2, -0.15) is 5.10 Å². The molecule has 0 spiro atoms. The van der Waals surface area contributed by atoms with Crippen molar-refractivity contribution in [3.63, 3.8) is 0 Å². The number of amides is 1. The van der Waals surface area contributed by atoms with Crippen LogP contribution in [-0.4, -0.2) is 49.7 Å².